The fourth-order valence-electron chi connectivity index (χ4n) is 1.39. The van der Waals surface area contributed by atoms with Crippen molar-refractivity contribution in [3.8, 4) is 0 Å². The Balaban J connectivity index is 2.17. The second-order valence-corrected chi connectivity index (χ2v) is 3.10. The van der Waals surface area contributed by atoms with Crippen molar-refractivity contribution < 1.29 is 0 Å². The number of benzene rings is 1. The van der Waals surface area contributed by atoms with Crippen molar-refractivity contribution in [2.75, 3.05) is 11.6 Å². The van der Waals surface area contributed by atoms with Gasteiger partial charge in [-0.2, -0.15) is 0 Å². The Morgan fingerprint density at radius 1 is 1.29 bits per heavy atom. The Morgan fingerprint density at radius 2 is 2.00 bits per heavy atom. The number of hydrogen-bond acceptors (Lipinski definition) is 4. The summed E-state index contributed by atoms with van der Waals surface area (Å²) in [4.78, 5) is 0. The minimum atomic E-state index is 0.733. The largest absolute Gasteiger partial charge is 0.383 e. The number of anilines is 1. The van der Waals surface area contributed by atoms with Gasteiger partial charge in [0.15, 0.2) is 0 Å². The van der Waals surface area contributed by atoms with E-state index in [1.165, 1.54) is 0 Å². The average Bonchev–Trinajstić information content (AvgIpc) is 2.61. The standard InChI is InChI=1S/C10H14N4/c1-2-13-10(11)8-14(12-13)9-6-4-3-5-7-9/h3-8,12H,2,11H2,1H3. The maximum absolute atomic E-state index is 5.80. The summed E-state index contributed by atoms with van der Waals surface area (Å²) in [5, 5.41) is 3.78. The van der Waals surface area contributed by atoms with E-state index in [2.05, 4.69) is 5.53 Å². The maximum Gasteiger partial charge on any atom is 0.133 e. The van der Waals surface area contributed by atoms with Gasteiger partial charge in [0.1, 0.15) is 5.82 Å². The van der Waals surface area contributed by atoms with Crippen molar-refractivity contribution in [2.24, 2.45) is 5.73 Å². The quantitative estimate of drug-likeness (QED) is 0.730. The fraction of sp³-hybridized carbons (Fsp3) is 0.200. The molecule has 1 aliphatic rings. The van der Waals surface area contributed by atoms with Crippen molar-refractivity contribution in [1.29, 1.82) is 0 Å². The van der Waals surface area contributed by atoms with Gasteiger partial charge in [-0.1, -0.05) is 18.2 Å². The third kappa shape index (κ3) is 1.52. The summed E-state index contributed by atoms with van der Waals surface area (Å²) in [5.74, 6) is 0.733. The second kappa shape index (κ2) is 3.59. The van der Waals surface area contributed by atoms with E-state index in [1.807, 2.05) is 53.5 Å². The molecule has 0 unspecified atom stereocenters. The zero-order valence-corrected chi connectivity index (χ0v) is 8.14. The number of hydrazine groups is 2. The molecule has 0 spiro atoms. The van der Waals surface area contributed by atoms with E-state index in [0.717, 1.165) is 18.1 Å². The lowest BCUT2D eigenvalue weighted by Gasteiger charge is -2.21. The second-order valence-electron chi connectivity index (χ2n) is 3.10. The van der Waals surface area contributed by atoms with Crippen molar-refractivity contribution in [3.63, 3.8) is 0 Å². The summed E-state index contributed by atoms with van der Waals surface area (Å²) < 4.78 is 0. The monoisotopic (exact) mass is 190 g/mol. The molecule has 4 nitrogen and oxygen atoms in total. The minimum absolute atomic E-state index is 0.733. The molecule has 0 radical (unpaired) electrons. The van der Waals surface area contributed by atoms with Gasteiger partial charge in [0.2, 0.25) is 0 Å². The molecule has 0 aromatic heterocycles. The summed E-state index contributed by atoms with van der Waals surface area (Å²) in [6.45, 7) is 2.88. The van der Waals surface area contributed by atoms with Gasteiger partial charge in [0, 0.05) is 6.54 Å². The Hall–Kier alpha value is -1.68. The lowest BCUT2D eigenvalue weighted by Crippen LogP contribution is -2.41. The molecule has 3 N–H and O–H groups in total. The van der Waals surface area contributed by atoms with Crippen molar-refractivity contribution >= 4 is 5.69 Å². The van der Waals surface area contributed by atoms with Crippen LogP contribution in [0.25, 0.3) is 0 Å². The van der Waals surface area contributed by atoms with Crippen LogP contribution in [0, 0.1) is 0 Å². The topological polar surface area (TPSA) is 44.5 Å². The molecule has 14 heavy (non-hydrogen) atoms. The molecule has 0 atom stereocenters. The number of hydrogen-bond donors (Lipinski definition) is 2. The normalized spacial score (nSPS) is 15.9. The van der Waals surface area contributed by atoms with Crippen LogP contribution in [0.4, 0.5) is 5.69 Å². The first kappa shape index (κ1) is 8.90. The molecule has 1 heterocycles. The zero-order chi connectivity index (χ0) is 9.97. The molecule has 74 valence electrons. The van der Waals surface area contributed by atoms with Crippen molar-refractivity contribution in [2.45, 2.75) is 6.92 Å². The first-order chi connectivity index (χ1) is 6.81. The summed E-state index contributed by atoms with van der Waals surface area (Å²) in [6.07, 6.45) is 1.87. The summed E-state index contributed by atoms with van der Waals surface area (Å²) in [5.41, 5.74) is 10.0. The van der Waals surface area contributed by atoms with Gasteiger partial charge in [-0.3, -0.25) is 10.0 Å². The summed E-state index contributed by atoms with van der Waals surface area (Å²) in [6, 6.07) is 10.0. The van der Waals surface area contributed by atoms with Crippen LogP contribution in [0.2, 0.25) is 0 Å². The van der Waals surface area contributed by atoms with Crippen LogP contribution in [0.15, 0.2) is 42.4 Å². The molecule has 0 amide bonds. The van der Waals surface area contributed by atoms with Crippen molar-refractivity contribution in [1.82, 2.24) is 10.5 Å². The lowest BCUT2D eigenvalue weighted by atomic mass is 10.3. The predicted octanol–water partition coefficient (Wildman–Crippen LogP) is 1.01. The highest BCUT2D eigenvalue weighted by Crippen LogP contribution is 2.16. The van der Waals surface area contributed by atoms with Crippen LogP contribution >= 0.6 is 0 Å². The molecule has 0 fully saturated rings. The molecule has 1 aromatic rings. The average molecular weight is 190 g/mol. The lowest BCUT2D eigenvalue weighted by molar-refractivity contribution is 0.284. The van der Waals surface area contributed by atoms with E-state index >= 15 is 0 Å². The van der Waals surface area contributed by atoms with E-state index in [0.29, 0.717) is 0 Å². The highest BCUT2D eigenvalue weighted by molar-refractivity contribution is 5.48. The number of nitrogens with one attached hydrogen (secondary N) is 1. The Labute approximate surface area is 83.5 Å². The number of nitrogens with zero attached hydrogens (tertiary/aromatic N) is 2. The molecule has 4 heteroatoms. The smallest absolute Gasteiger partial charge is 0.133 e. The number of para-hydroxylation sites is 1. The van der Waals surface area contributed by atoms with Gasteiger partial charge < -0.3 is 5.73 Å². The third-order valence-corrected chi connectivity index (χ3v) is 2.15. The van der Waals surface area contributed by atoms with Crippen LogP contribution in [-0.2, 0) is 0 Å². The molecular weight excluding hydrogens is 176 g/mol. The Kier molecular flexibility index (Phi) is 2.28. The SMILES string of the molecule is CCN1NN(c2ccccc2)C=C1N. The third-order valence-electron chi connectivity index (χ3n) is 2.15. The number of nitrogens with two attached hydrogens (primary N) is 1. The van der Waals surface area contributed by atoms with Crippen LogP contribution in [0.3, 0.4) is 0 Å². The molecular formula is C10H14N4. The molecule has 2 rings (SSSR count). The highest BCUT2D eigenvalue weighted by atomic mass is 15.8. The minimum Gasteiger partial charge on any atom is -0.383 e. The van der Waals surface area contributed by atoms with Crippen LogP contribution < -0.4 is 16.3 Å². The molecule has 0 saturated heterocycles. The van der Waals surface area contributed by atoms with Gasteiger partial charge in [-0.05, 0) is 19.1 Å². The van der Waals surface area contributed by atoms with Gasteiger partial charge in [0.05, 0.1) is 11.9 Å². The van der Waals surface area contributed by atoms with Crippen LogP contribution in [-0.4, -0.2) is 11.6 Å². The van der Waals surface area contributed by atoms with Crippen LogP contribution in [0.5, 0.6) is 0 Å². The van der Waals surface area contributed by atoms with Gasteiger partial charge in [-0.15, -0.1) is 5.53 Å². The zero-order valence-electron chi connectivity index (χ0n) is 8.14. The number of rotatable bonds is 2. The predicted molar refractivity (Wildman–Crippen MR) is 56.7 cm³/mol. The molecule has 0 aliphatic carbocycles. The van der Waals surface area contributed by atoms with E-state index in [1.54, 1.807) is 0 Å². The fourth-order valence-corrected chi connectivity index (χ4v) is 1.39. The van der Waals surface area contributed by atoms with E-state index < -0.39 is 0 Å². The summed E-state index contributed by atoms with van der Waals surface area (Å²) >= 11 is 0. The maximum atomic E-state index is 5.80. The molecule has 1 aliphatic heterocycles. The van der Waals surface area contributed by atoms with E-state index in [4.69, 9.17) is 5.73 Å². The van der Waals surface area contributed by atoms with Gasteiger partial charge in [0.25, 0.3) is 0 Å². The molecule has 0 saturated carbocycles. The first-order valence-corrected chi connectivity index (χ1v) is 4.66. The van der Waals surface area contributed by atoms with Crippen molar-refractivity contribution in [3.05, 3.63) is 42.4 Å². The van der Waals surface area contributed by atoms with E-state index in [-0.39, 0.29) is 0 Å². The van der Waals surface area contributed by atoms with E-state index in [9.17, 15) is 0 Å². The van der Waals surface area contributed by atoms with Gasteiger partial charge >= 0.3 is 0 Å². The summed E-state index contributed by atoms with van der Waals surface area (Å²) in [7, 11) is 0. The van der Waals surface area contributed by atoms with Gasteiger partial charge in [-0.25, -0.2) is 0 Å². The molecule has 0 bridgehead atoms. The van der Waals surface area contributed by atoms with Crippen LogP contribution in [0.1, 0.15) is 6.92 Å². The molecule has 1 aromatic carbocycles. The highest BCUT2D eigenvalue weighted by Gasteiger charge is 2.16. The Bertz CT molecular complexity index is 333. The first-order valence-electron chi connectivity index (χ1n) is 4.66. The Morgan fingerprint density at radius 3 is 2.57 bits per heavy atom.